The van der Waals surface area contributed by atoms with Crippen molar-refractivity contribution in [1.82, 2.24) is 14.7 Å². The van der Waals surface area contributed by atoms with Gasteiger partial charge in [-0.25, -0.2) is 28.0 Å². The van der Waals surface area contributed by atoms with Gasteiger partial charge in [0, 0.05) is 17.5 Å². The number of sulfonamides is 1. The second kappa shape index (κ2) is 14.7. The predicted molar refractivity (Wildman–Crippen MR) is 162 cm³/mol. The van der Waals surface area contributed by atoms with E-state index in [0.29, 0.717) is 0 Å². The first-order chi connectivity index (χ1) is 23.0. The largest absolute Gasteiger partial charge is 0.573 e. The summed E-state index contributed by atoms with van der Waals surface area (Å²) in [6.07, 6.45) is -10.2. The van der Waals surface area contributed by atoms with Crippen LogP contribution in [0.2, 0.25) is 5.02 Å². The quantitative estimate of drug-likeness (QED) is 0.0601. The monoisotopic (exact) mass is 753 g/mol. The lowest BCUT2D eigenvalue weighted by Gasteiger charge is -2.36. The zero-order valence-electron chi connectivity index (χ0n) is 25.1. The van der Waals surface area contributed by atoms with E-state index in [9.17, 15) is 54.8 Å². The van der Waals surface area contributed by atoms with Gasteiger partial charge in [-0.2, -0.15) is 17.9 Å². The number of para-hydroxylation sites is 1. The molecular weight excluding hydrogens is 732 g/mol. The average molecular weight is 754 g/mol. The number of hydrogen-bond donors (Lipinski definition) is 4. The van der Waals surface area contributed by atoms with Crippen LogP contribution in [0.4, 0.5) is 37.8 Å². The highest BCUT2D eigenvalue weighted by Crippen LogP contribution is 2.37. The number of hydrogen-bond acceptors (Lipinski definition) is 10. The van der Waals surface area contributed by atoms with Crippen molar-refractivity contribution in [1.29, 1.82) is 0 Å². The molecule has 0 saturated carbocycles. The molecule has 0 aliphatic heterocycles. The van der Waals surface area contributed by atoms with E-state index >= 15 is 0 Å². The van der Waals surface area contributed by atoms with Crippen molar-refractivity contribution in [3.63, 3.8) is 0 Å². The molecule has 4 aromatic rings. The Labute approximate surface area is 281 Å². The minimum absolute atomic E-state index is 0.00871. The number of aromatic carboxylic acids is 1. The number of aliphatic carboxylic acids is 1. The average Bonchev–Trinajstić information content (AvgIpc) is 3.00. The van der Waals surface area contributed by atoms with Crippen LogP contribution >= 0.6 is 11.6 Å². The van der Waals surface area contributed by atoms with Crippen LogP contribution in [0.25, 0.3) is 10.9 Å². The van der Waals surface area contributed by atoms with Crippen LogP contribution in [0.1, 0.15) is 35.1 Å². The maximum atomic E-state index is 13.6. The number of nitrogens with zero attached hydrogens (tertiary/aromatic N) is 3. The third kappa shape index (κ3) is 9.45. The third-order valence-corrected chi connectivity index (χ3v) is 8.30. The molecule has 0 aliphatic carbocycles. The van der Waals surface area contributed by atoms with E-state index in [4.69, 9.17) is 21.5 Å². The van der Waals surface area contributed by atoms with Crippen LogP contribution in [-0.4, -0.2) is 58.0 Å². The molecule has 0 aliphatic rings. The van der Waals surface area contributed by atoms with Gasteiger partial charge in [0.05, 0.1) is 25.9 Å². The first-order valence-corrected chi connectivity index (χ1v) is 15.3. The standard InChI is InChI=1S/C26H21ClF3N5O7S.C2HF3O2/c1-3-25(15-7-12-21(20(27)13-15)42-26(28,29)30,34-43(40,41)17-10-8-16(9-11-17)35(38)39)33-23-18-5-4-6-19(24(36)37)22(18)31-14(2)32-23;3-2(4,5)1(6)7/h4-13,34H,3H2,1-2H3,(H,36,37)(H,31,32,33);(H,6,7)/t25-;/m0./s1. The lowest BCUT2D eigenvalue weighted by atomic mass is 9.96. The number of aromatic nitrogens is 2. The molecule has 14 nitrogen and oxygen atoms in total. The number of carbonyl (C=O) groups is 2. The molecule has 3 aromatic carbocycles. The molecule has 0 fully saturated rings. The number of ether oxygens (including phenoxy) is 1. The Morgan fingerprint density at radius 3 is 2.08 bits per heavy atom. The number of nitro benzene ring substituents is 1. The highest BCUT2D eigenvalue weighted by Gasteiger charge is 2.39. The van der Waals surface area contributed by atoms with E-state index < -0.39 is 55.9 Å². The Morgan fingerprint density at radius 1 is 1.00 bits per heavy atom. The van der Waals surface area contributed by atoms with Gasteiger partial charge >= 0.3 is 24.5 Å². The number of aryl methyl sites for hydroxylation is 1. The topological polar surface area (TPSA) is 211 Å². The van der Waals surface area contributed by atoms with Gasteiger partial charge in [0.2, 0.25) is 10.0 Å². The van der Waals surface area contributed by atoms with Gasteiger partial charge in [0.1, 0.15) is 23.1 Å². The van der Waals surface area contributed by atoms with Crippen molar-refractivity contribution in [3.8, 4) is 5.75 Å². The van der Waals surface area contributed by atoms with Gasteiger partial charge in [0.15, 0.2) is 0 Å². The molecule has 50 heavy (non-hydrogen) atoms. The summed E-state index contributed by atoms with van der Waals surface area (Å²) in [6.45, 7) is 3.04. The van der Waals surface area contributed by atoms with Crippen molar-refractivity contribution >= 4 is 56.0 Å². The van der Waals surface area contributed by atoms with Crippen LogP contribution in [0, 0.1) is 17.0 Å². The summed E-state index contributed by atoms with van der Waals surface area (Å²) in [5.74, 6) is -4.66. The number of rotatable bonds is 10. The summed E-state index contributed by atoms with van der Waals surface area (Å²) in [4.78, 5) is 39.3. The fourth-order valence-electron chi connectivity index (χ4n) is 4.26. The zero-order valence-corrected chi connectivity index (χ0v) is 26.7. The van der Waals surface area contributed by atoms with E-state index in [1.165, 1.54) is 25.1 Å². The molecule has 0 bridgehead atoms. The molecule has 0 unspecified atom stereocenters. The molecule has 4 N–H and O–H groups in total. The number of carboxylic acid groups (broad SMARTS) is 2. The number of nitro groups is 1. The van der Waals surface area contributed by atoms with Crippen molar-refractivity contribution in [2.75, 3.05) is 5.32 Å². The third-order valence-electron chi connectivity index (χ3n) is 6.49. The summed E-state index contributed by atoms with van der Waals surface area (Å²) in [5.41, 5.74) is -2.33. The SMILES string of the molecule is CC[C@](Nc1nc(C)nc2c(C(=O)O)cccc12)(NS(=O)(=O)c1ccc([N+](=O)[O-])cc1)c1ccc(OC(F)(F)F)c(Cl)c1.O=C(O)C(F)(F)F. The highest BCUT2D eigenvalue weighted by atomic mass is 35.5. The van der Waals surface area contributed by atoms with Crippen molar-refractivity contribution in [2.45, 2.75) is 43.4 Å². The fourth-order valence-corrected chi connectivity index (χ4v) is 5.87. The number of halogens is 7. The van der Waals surface area contributed by atoms with Crippen molar-refractivity contribution in [2.24, 2.45) is 0 Å². The molecule has 1 heterocycles. The van der Waals surface area contributed by atoms with E-state index in [0.717, 1.165) is 42.5 Å². The van der Waals surface area contributed by atoms with Gasteiger partial charge < -0.3 is 20.3 Å². The second-order valence-electron chi connectivity index (χ2n) is 9.86. The number of benzene rings is 3. The Balaban J connectivity index is 0.000000872. The number of alkyl halides is 6. The maximum absolute atomic E-state index is 13.6. The van der Waals surface area contributed by atoms with Crippen molar-refractivity contribution in [3.05, 3.63) is 92.8 Å². The van der Waals surface area contributed by atoms with Gasteiger partial charge in [-0.15, -0.1) is 13.2 Å². The summed E-state index contributed by atoms with van der Waals surface area (Å²) in [7, 11) is -4.50. The van der Waals surface area contributed by atoms with E-state index in [1.807, 2.05) is 0 Å². The molecule has 1 atom stereocenters. The normalized spacial score (nSPS) is 13.1. The number of carboxylic acids is 2. The number of anilines is 1. The Morgan fingerprint density at radius 2 is 1.60 bits per heavy atom. The van der Waals surface area contributed by atoms with Crippen LogP contribution in [0.3, 0.4) is 0 Å². The summed E-state index contributed by atoms with van der Waals surface area (Å²) in [5, 5.41) is 30.5. The zero-order chi connectivity index (χ0) is 37.8. The number of nitrogens with one attached hydrogen (secondary N) is 2. The Kier molecular flexibility index (Phi) is 11.5. The summed E-state index contributed by atoms with van der Waals surface area (Å²) < 4.78 is 104. The van der Waals surface area contributed by atoms with Crippen LogP contribution in [0.15, 0.2) is 65.6 Å². The molecule has 0 spiro atoms. The van der Waals surface area contributed by atoms with Crippen LogP contribution < -0.4 is 14.8 Å². The molecule has 0 amide bonds. The summed E-state index contributed by atoms with van der Waals surface area (Å²) >= 11 is 6.13. The van der Waals surface area contributed by atoms with E-state index in [1.54, 1.807) is 6.92 Å². The number of fused-ring (bicyclic) bond motifs is 1. The van der Waals surface area contributed by atoms with Gasteiger partial charge in [-0.1, -0.05) is 30.7 Å². The van der Waals surface area contributed by atoms with E-state index in [2.05, 4.69) is 24.7 Å². The lowest BCUT2D eigenvalue weighted by molar-refractivity contribution is -0.384. The fraction of sp³-hybridized carbons (Fsp3) is 0.214. The Hall–Kier alpha value is -5.28. The second-order valence-corrected chi connectivity index (χ2v) is 12.0. The van der Waals surface area contributed by atoms with Gasteiger partial charge in [-0.3, -0.25) is 10.1 Å². The maximum Gasteiger partial charge on any atom is 0.573 e. The molecule has 1 aromatic heterocycles. The van der Waals surface area contributed by atoms with Crippen LogP contribution in [-0.2, 0) is 20.5 Å². The minimum Gasteiger partial charge on any atom is -0.478 e. The minimum atomic E-state index is -5.08. The van der Waals surface area contributed by atoms with E-state index in [-0.39, 0.29) is 50.7 Å². The molecular formula is C28H22ClF6N5O9S. The molecule has 0 saturated heterocycles. The smallest absolute Gasteiger partial charge is 0.478 e. The van der Waals surface area contributed by atoms with Gasteiger partial charge in [0.25, 0.3) is 5.69 Å². The number of non-ortho nitro benzene ring substituents is 1. The summed E-state index contributed by atoms with van der Waals surface area (Å²) in [6, 6.07) is 11.4. The first-order valence-electron chi connectivity index (χ1n) is 13.4. The molecule has 4 rings (SSSR count). The van der Waals surface area contributed by atoms with Crippen molar-refractivity contribution < 1.29 is 64.2 Å². The molecule has 0 radical (unpaired) electrons. The van der Waals surface area contributed by atoms with Gasteiger partial charge in [-0.05, 0) is 55.3 Å². The highest BCUT2D eigenvalue weighted by molar-refractivity contribution is 7.89. The molecule has 22 heteroatoms. The first kappa shape index (κ1) is 39.2. The lowest BCUT2D eigenvalue weighted by Crippen LogP contribution is -2.51. The molecule has 268 valence electrons. The Bertz CT molecular complexity index is 2050. The van der Waals surface area contributed by atoms with Crippen LogP contribution in [0.5, 0.6) is 5.75 Å². The predicted octanol–water partition coefficient (Wildman–Crippen LogP) is 6.38.